The van der Waals surface area contributed by atoms with Gasteiger partial charge in [0, 0.05) is 18.1 Å². The van der Waals surface area contributed by atoms with E-state index in [1.807, 2.05) is 31.2 Å². The van der Waals surface area contributed by atoms with Crippen LogP contribution in [0.15, 0.2) is 28.7 Å². The first-order valence-corrected chi connectivity index (χ1v) is 9.25. The van der Waals surface area contributed by atoms with E-state index < -0.39 is 10.0 Å². The summed E-state index contributed by atoms with van der Waals surface area (Å²) in [5.41, 5.74) is 0.978. The highest BCUT2D eigenvalue weighted by atomic mass is 79.9. The van der Waals surface area contributed by atoms with Crippen LogP contribution >= 0.6 is 15.9 Å². The van der Waals surface area contributed by atoms with Crippen LogP contribution in [-0.4, -0.2) is 38.6 Å². The second-order valence-corrected chi connectivity index (χ2v) is 7.77. The largest absolute Gasteiger partial charge is 0.317 e. The van der Waals surface area contributed by atoms with Crippen LogP contribution in [0, 0.1) is 0 Å². The van der Waals surface area contributed by atoms with Crippen LogP contribution in [-0.2, 0) is 16.6 Å². The molecule has 1 rings (SSSR count). The fourth-order valence-corrected chi connectivity index (χ4v) is 3.46. The first-order chi connectivity index (χ1) is 9.47. The van der Waals surface area contributed by atoms with Gasteiger partial charge in [-0.2, -0.15) is 0 Å². The number of hydrogen-bond acceptors (Lipinski definition) is 3. The number of hydrogen-bond donors (Lipinski definition) is 1. The average molecular weight is 363 g/mol. The van der Waals surface area contributed by atoms with Crippen molar-refractivity contribution in [1.82, 2.24) is 9.62 Å². The third-order valence-corrected chi connectivity index (χ3v) is 5.74. The van der Waals surface area contributed by atoms with E-state index >= 15 is 0 Å². The number of unbranched alkanes of at least 4 members (excludes halogenated alkanes) is 1. The minimum absolute atomic E-state index is 0.208. The summed E-state index contributed by atoms with van der Waals surface area (Å²) in [6, 6.07) is 7.69. The van der Waals surface area contributed by atoms with Gasteiger partial charge >= 0.3 is 0 Å². The molecule has 1 N–H and O–H groups in total. The van der Waals surface area contributed by atoms with Gasteiger partial charge in [-0.3, -0.25) is 0 Å². The van der Waals surface area contributed by atoms with Crippen LogP contribution in [0.4, 0.5) is 0 Å². The monoisotopic (exact) mass is 362 g/mol. The molecule has 1 aromatic carbocycles. The molecule has 0 bridgehead atoms. The van der Waals surface area contributed by atoms with Crippen molar-refractivity contribution in [2.75, 3.05) is 25.9 Å². The average Bonchev–Trinajstić information content (AvgIpc) is 2.41. The number of nitrogens with one attached hydrogen (secondary N) is 1. The van der Waals surface area contributed by atoms with Gasteiger partial charge in [-0.1, -0.05) is 41.1 Å². The van der Waals surface area contributed by atoms with Gasteiger partial charge in [-0.15, -0.1) is 0 Å². The molecule has 0 aliphatic rings. The maximum Gasteiger partial charge on any atom is 0.214 e. The van der Waals surface area contributed by atoms with Crippen molar-refractivity contribution < 1.29 is 8.42 Å². The Morgan fingerprint density at radius 2 is 1.95 bits per heavy atom. The highest BCUT2D eigenvalue weighted by Gasteiger charge is 2.18. The predicted octanol–water partition coefficient (Wildman–Crippen LogP) is 2.60. The molecule has 0 aliphatic carbocycles. The van der Waals surface area contributed by atoms with E-state index in [0.29, 0.717) is 13.0 Å². The maximum atomic E-state index is 12.2. The second-order valence-electron chi connectivity index (χ2n) is 4.72. The van der Waals surface area contributed by atoms with E-state index in [1.54, 1.807) is 7.05 Å². The van der Waals surface area contributed by atoms with Crippen LogP contribution < -0.4 is 5.32 Å². The minimum Gasteiger partial charge on any atom is -0.317 e. The van der Waals surface area contributed by atoms with Crippen LogP contribution in [0.1, 0.15) is 25.3 Å². The lowest BCUT2D eigenvalue weighted by Crippen LogP contribution is -2.29. The quantitative estimate of drug-likeness (QED) is 0.686. The normalized spacial score (nSPS) is 12.0. The van der Waals surface area contributed by atoms with Crippen molar-refractivity contribution in [3.63, 3.8) is 0 Å². The van der Waals surface area contributed by atoms with E-state index in [2.05, 4.69) is 21.2 Å². The zero-order valence-corrected chi connectivity index (χ0v) is 14.5. The molecule has 4 nitrogen and oxygen atoms in total. The van der Waals surface area contributed by atoms with Crippen molar-refractivity contribution in [2.45, 2.75) is 26.3 Å². The number of rotatable bonds is 9. The molecule has 0 saturated heterocycles. The van der Waals surface area contributed by atoms with Gasteiger partial charge < -0.3 is 5.32 Å². The molecular formula is C14H23BrN2O2S. The number of sulfonamides is 1. The molecule has 0 unspecified atom stereocenters. The Hall–Kier alpha value is -0.430. The molecule has 0 saturated carbocycles. The van der Waals surface area contributed by atoms with Gasteiger partial charge in [0.1, 0.15) is 0 Å². The number of halogens is 1. The predicted molar refractivity (Wildman–Crippen MR) is 87.2 cm³/mol. The van der Waals surface area contributed by atoms with Crippen LogP contribution in [0.25, 0.3) is 0 Å². The second kappa shape index (κ2) is 8.77. The van der Waals surface area contributed by atoms with Crippen molar-refractivity contribution >= 4 is 26.0 Å². The van der Waals surface area contributed by atoms with Crippen molar-refractivity contribution in [3.8, 4) is 0 Å². The zero-order valence-electron chi connectivity index (χ0n) is 12.1. The Balaban J connectivity index is 2.48. The smallest absolute Gasteiger partial charge is 0.214 e. The summed E-state index contributed by atoms with van der Waals surface area (Å²) in [7, 11) is -1.54. The summed E-state index contributed by atoms with van der Waals surface area (Å²) in [5.74, 6) is 0.208. The minimum atomic E-state index is -3.18. The molecule has 0 heterocycles. The van der Waals surface area contributed by atoms with Gasteiger partial charge in [0.05, 0.1) is 5.75 Å². The summed E-state index contributed by atoms with van der Waals surface area (Å²) in [6.45, 7) is 4.24. The standard InChI is InChI=1S/C14H23BrN2O2S/c1-3-16-10-6-7-11-20(18,19)17(2)12-13-8-4-5-9-14(13)15/h4-5,8-9,16H,3,6-7,10-12H2,1-2H3. The van der Waals surface area contributed by atoms with E-state index in [9.17, 15) is 8.42 Å². The SMILES string of the molecule is CCNCCCCS(=O)(=O)N(C)Cc1ccccc1Br. The Morgan fingerprint density at radius 1 is 1.25 bits per heavy atom. The number of nitrogens with zero attached hydrogens (tertiary/aromatic N) is 1. The highest BCUT2D eigenvalue weighted by Crippen LogP contribution is 2.18. The zero-order chi connectivity index (χ0) is 15.0. The summed E-state index contributed by atoms with van der Waals surface area (Å²) < 4.78 is 26.7. The molecule has 0 aromatic heterocycles. The lowest BCUT2D eigenvalue weighted by molar-refractivity contribution is 0.463. The van der Waals surface area contributed by atoms with E-state index in [-0.39, 0.29) is 5.75 Å². The lowest BCUT2D eigenvalue weighted by Gasteiger charge is -2.18. The first-order valence-electron chi connectivity index (χ1n) is 6.85. The third kappa shape index (κ3) is 5.91. The Bertz CT molecular complexity index is 506. The van der Waals surface area contributed by atoms with Crippen LogP contribution in [0.2, 0.25) is 0 Å². The van der Waals surface area contributed by atoms with Crippen molar-refractivity contribution in [2.24, 2.45) is 0 Å². The third-order valence-electron chi connectivity index (χ3n) is 3.08. The van der Waals surface area contributed by atoms with Gasteiger partial charge in [0.15, 0.2) is 0 Å². The molecule has 0 fully saturated rings. The number of benzene rings is 1. The Labute approximate surface area is 130 Å². The van der Waals surface area contributed by atoms with Crippen molar-refractivity contribution in [3.05, 3.63) is 34.3 Å². The Kier molecular flexibility index (Phi) is 7.72. The van der Waals surface area contributed by atoms with E-state index in [1.165, 1.54) is 4.31 Å². The van der Waals surface area contributed by atoms with Gasteiger partial charge in [0.2, 0.25) is 10.0 Å². The van der Waals surface area contributed by atoms with Gasteiger partial charge in [0.25, 0.3) is 0 Å². The summed E-state index contributed by atoms with van der Waals surface area (Å²) in [5, 5.41) is 3.20. The Morgan fingerprint density at radius 3 is 2.60 bits per heavy atom. The van der Waals surface area contributed by atoms with Crippen LogP contribution in [0.5, 0.6) is 0 Å². The molecule has 20 heavy (non-hydrogen) atoms. The molecule has 0 atom stereocenters. The molecule has 6 heteroatoms. The van der Waals surface area contributed by atoms with Crippen molar-refractivity contribution in [1.29, 1.82) is 0 Å². The summed E-state index contributed by atoms with van der Waals surface area (Å²) >= 11 is 3.44. The first kappa shape index (κ1) is 17.6. The summed E-state index contributed by atoms with van der Waals surface area (Å²) in [6.07, 6.45) is 1.57. The fraction of sp³-hybridized carbons (Fsp3) is 0.571. The molecule has 1 aromatic rings. The topological polar surface area (TPSA) is 49.4 Å². The molecule has 0 radical (unpaired) electrons. The molecule has 0 amide bonds. The molecule has 0 aliphatic heterocycles. The maximum absolute atomic E-state index is 12.2. The van der Waals surface area contributed by atoms with E-state index in [0.717, 1.165) is 29.5 Å². The summed E-state index contributed by atoms with van der Waals surface area (Å²) in [4.78, 5) is 0. The molecule has 114 valence electrons. The lowest BCUT2D eigenvalue weighted by atomic mass is 10.2. The molecule has 0 spiro atoms. The van der Waals surface area contributed by atoms with Gasteiger partial charge in [-0.05, 0) is 37.6 Å². The highest BCUT2D eigenvalue weighted by molar-refractivity contribution is 9.10. The van der Waals surface area contributed by atoms with Crippen LogP contribution in [0.3, 0.4) is 0 Å². The van der Waals surface area contributed by atoms with E-state index in [4.69, 9.17) is 0 Å². The van der Waals surface area contributed by atoms with Gasteiger partial charge in [-0.25, -0.2) is 12.7 Å². The fourth-order valence-electron chi connectivity index (χ4n) is 1.83. The molecular weight excluding hydrogens is 340 g/mol.